The van der Waals surface area contributed by atoms with Crippen molar-refractivity contribution in [3.63, 3.8) is 0 Å². The molecule has 0 spiro atoms. The van der Waals surface area contributed by atoms with E-state index in [0.29, 0.717) is 0 Å². The van der Waals surface area contributed by atoms with Crippen molar-refractivity contribution in [2.24, 2.45) is 4.99 Å². The number of nitrogens with zero attached hydrogens (tertiary/aromatic N) is 1. The van der Waals surface area contributed by atoms with Gasteiger partial charge in [0.25, 0.3) is 0 Å². The zero-order valence-electron chi connectivity index (χ0n) is 10.4. The largest absolute Gasteiger partial charge is 0.494 e. The molecule has 0 N–H and O–H groups in total. The predicted molar refractivity (Wildman–Crippen MR) is 71.1 cm³/mol. The van der Waals surface area contributed by atoms with Crippen LogP contribution in [0.3, 0.4) is 0 Å². The van der Waals surface area contributed by atoms with Crippen LogP contribution in [0, 0.1) is 6.92 Å². The molecule has 0 saturated heterocycles. The van der Waals surface area contributed by atoms with E-state index in [1.807, 2.05) is 13.0 Å². The third kappa shape index (κ3) is 2.69. The standard InChI is InChI=1S/C13H17NOS/c1-9-6-10(13(2,3)4)12(15-5)11(7-9)14-8-16/h6-7H,1-5H3. The summed E-state index contributed by atoms with van der Waals surface area (Å²) in [5.41, 5.74) is 3.06. The van der Waals surface area contributed by atoms with Gasteiger partial charge in [-0.05, 0) is 36.2 Å². The molecule has 0 amide bonds. The van der Waals surface area contributed by atoms with Crippen LogP contribution in [0.2, 0.25) is 0 Å². The fourth-order valence-corrected chi connectivity index (χ4v) is 1.76. The average molecular weight is 235 g/mol. The minimum absolute atomic E-state index is 0.0170. The minimum Gasteiger partial charge on any atom is -0.494 e. The van der Waals surface area contributed by atoms with Crippen molar-refractivity contribution in [2.75, 3.05) is 7.11 Å². The smallest absolute Gasteiger partial charge is 0.149 e. The lowest BCUT2D eigenvalue weighted by Gasteiger charge is -2.23. The Hall–Kier alpha value is -1.18. The monoisotopic (exact) mass is 235 g/mol. The maximum atomic E-state index is 5.43. The van der Waals surface area contributed by atoms with Gasteiger partial charge >= 0.3 is 0 Å². The van der Waals surface area contributed by atoms with Gasteiger partial charge in [-0.2, -0.15) is 4.99 Å². The molecule has 0 heterocycles. The van der Waals surface area contributed by atoms with Gasteiger partial charge in [-0.25, -0.2) is 0 Å². The number of thiocarbonyl (C=S) groups is 1. The van der Waals surface area contributed by atoms with Crippen LogP contribution < -0.4 is 4.74 Å². The first-order valence-electron chi connectivity index (χ1n) is 5.17. The van der Waals surface area contributed by atoms with Gasteiger partial charge in [0.05, 0.1) is 12.3 Å². The van der Waals surface area contributed by atoms with E-state index in [0.717, 1.165) is 22.6 Å². The molecule has 3 heteroatoms. The molecule has 0 fully saturated rings. The summed E-state index contributed by atoms with van der Waals surface area (Å²) >= 11 is 4.65. The molecule has 0 aliphatic carbocycles. The summed E-state index contributed by atoms with van der Waals surface area (Å²) in [6.45, 7) is 8.48. The zero-order chi connectivity index (χ0) is 12.3. The number of hydrogen-bond acceptors (Lipinski definition) is 3. The van der Waals surface area contributed by atoms with Gasteiger partial charge in [0.1, 0.15) is 11.4 Å². The number of hydrogen-bond donors (Lipinski definition) is 0. The van der Waals surface area contributed by atoms with Crippen LogP contribution in [-0.4, -0.2) is 12.3 Å². The quantitative estimate of drug-likeness (QED) is 0.570. The van der Waals surface area contributed by atoms with E-state index >= 15 is 0 Å². The maximum Gasteiger partial charge on any atom is 0.149 e. The first-order valence-corrected chi connectivity index (χ1v) is 5.58. The van der Waals surface area contributed by atoms with Gasteiger partial charge in [-0.1, -0.05) is 26.8 Å². The number of methoxy groups -OCH3 is 1. The molecular formula is C13H17NOS. The predicted octanol–water partition coefficient (Wildman–Crippen LogP) is 4.04. The molecule has 0 aromatic heterocycles. The SMILES string of the molecule is COc1c(N=C=S)cc(C)cc1C(C)(C)C. The lowest BCUT2D eigenvalue weighted by molar-refractivity contribution is 0.399. The van der Waals surface area contributed by atoms with Gasteiger partial charge in [0.15, 0.2) is 0 Å². The maximum absolute atomic E-state index is 5.43. The van der Waals surface area contributed by atoms with Crippen molar-refractivity contribution in [1.82, 2.24) is 0 Å². The first-order chi connectivity index (χ1) is 7.40. The molecule has 86 valence electrons. The molecule has 0 radical (unpaired) electrons. The van der Waals surface area contributed by atoms with E-state index < -0.39 is 0 Å². The lowest BCUT2D eigenvalue weighted by atomic mass is 9.85. The van der Waals surface area contributed by atoms with E-state index in [9.17, 15) is 0 Å². The Morgan fingerprint density at radius 3 is 2.38 bits per heavy atom. The summed E-state index contributed by atoms with van der Waals surface area (Å²) in [5.74, 6) is 0.787. The molecule has 1 aromatic carbocycles. The van der Waals surface area contributed by atoms with Crippen molar-refractivity contribution in [1.29, 1.82) is 0 Å². The second kappa shape index (κ2) is 4.77. The van der Waals surface area contributed by atoms with E-state index in [1.54, 1.807) is 7.11 Å². The fraction of sp³-hybridized carbons (Fsp3) is 0.462. The van der Waals surface area contributed by atoms with E-state index in [4.69, 9.17) is 4.74 Å². The highest BCUT2D eigenvalue weighted by atomic mass is 32.1. The van der Waals surface area contributed by atoms with Gasteiger partial charge in [-0.15, -0.1) is 0 Å². The van der Waals surface area contributed by atoms with Crippen LogP contribution in [0.15, 0.2) is 17.1 Å². The average Bonchev–Trinajstić information content (AvgIpc) is 2.16. The van der Waals surface area contributed by atoms with Crippen LogP contribution in [0.25, 0.3) is 0 Å². The third-order valence-corrected chi connectivity index (χ3v) is 2.48. The Kier molecular flexibility index (Phi) is 3.84. The lowest BCUT2D eigenvalue weighted by Crippen LogP contribution is -2.13. The molecule has 0 aliphatic heterocycles. The van der Waals surface area contributed by atoms with Gasteiger partial charge < -0.3 is 4.74 Å². The van der Waals surface area contributed by atoms with Crippen LogP contribution in [0.5, 0.6) is 5.75 Å². The highest BCUT2D eigenvalue weighted by Crippen LogP contribution is 2.39. The van der Waals surface area contributed by atoms with Gasteiger partial charge in [0, 0.05) is 5.56 Å². The third-order valence-electron chi connectivity index (χ3n) is 2.39. The minimum atomic E-state index is 0.0170. The Morgan fingerprint density at radius 2 is 1.94 bits per heavy atom. The normalized spacial score (nSPS) is 10.8. The Morgan fingerprint density at radius 1 is 1.31 bits per heavy atom. The van der Waals surface area contributed by atoms with Crippen LogP contribution in [0.1, 0.15) is 31.9 Å². The highest BCUT2D eigenvalue weighted by molar-refractivity contribution is 7.78. The molecule has 0 atom stereocenters. The summed E-state index contributed by atoms with van der Waals surface area (Å²) in [6.07, 6.45) is 0. The van der Waals surface area contributed by atoms with Crippen LogP contribution in [0.4, 0.5) is 5.69 Å². The Labute approximate surface area is 102 Å². The van der Waals surface area contributed by atoms with Crippen LogP contribution in [-0.2, 0) is 5.41 Å². The van der Waals surface area contributed by atoms with Crippen molar-refractivity contribution in [3.8, 4) is 5.75 Å². The molecule has 0 aliphatic rings. The Bertz CT molecular complexity index is 440. The molecular weight excluding hydrogens is 218 g/mol. The number of ether oxygens (including phenoxy) is 1. The molecule has 1 rings (SSSR count). The molecule has 0 bridgehead atoms. The van der Waals surface area contributed by atoms with Crippen LogP contribution >= 0.6 is 12.2 Å². The number of benzene rings is 1. The molecule has 1 aromatic rings. The second-order valence-electron chi connectivity index (χ2n) is 4.82. The second-order valence-corrected chi connectivity index (χ2v) is 5.00. The van der Waals surface area contributed by atoms with Gasteiger partial charge in [0.2, 0.25) is 0 Å². The topological polar surface area (TPSA) is 21.6 Å². The molecule has 2 nitrogen and oxygen atoms in total. The van der Waals surface area contributed by atoms with Gasteiger partial charge in [-0.3, -0.25) is 0 Å². The van der Waals surface area contributed by atoms with E-state index in [2.05, 4.69) is 49.2 Å². The van der Waals surface area contributed by atoms with Crippen molar-refractivity contribution in [2.45, 2.75) is 33.1 Å². The van der Waals surface area contributed by atoms with Crippen molar-refractivity contribution >= 4 is 23.1 Å². The van der Waals surface area contributed by atoms with E-state index in [-0.39, 0.29) is 5.41 Å². The highest BCUT2D eigenvalue weighted by Gasteiger charge is 2.21. The summed E-state index contributed by atoms with van der Waals surface area (Å²) in [4.78, 5) is 4.05. The number of rotatable bonds is 2. The zero-order valence-corrected chi connectivity index (χ0v) is 11.2. The first kappa shape index (κ1) is 12.9. The van der Waals surface area contributed by atoms with E-state index in [1.165, 1.54) is 0 Å². The summed E-state index contributed by atoms with van der Waals surface area (Å²) < 4.78 is 5.43. The summed E-state index contributed by atoms with van der Waals surface area (Å²) in [6, 6.07) is 4.08. The molecule has 16 heavy (non-hydrogen) atoms. The summed E-state index contributed by atoms with van der Waals surface area (Å²) in [7, 11) is 1.66. The number of aryl methyl sites for hydroxylation is 1. The molecule has 0 unspecified atom stereocenters. The number of aliphatic imine (C=N–C) groups is 1. The Balaban J connectivity index is 3.54. The van der Waals surface area contributed by atoms with Crippen molar-refractivity contribution in [3.05, 3.63) is 23.3 Å². The number of isothiocyanates is 1. The summed E-state index contributed by atoms with van der Waals surface area (Å²) in [5, 5.41) is 2.39. The molecule has 0 saturated carbocycles. The fourth-order valence-electron chi connectivity index (χ4n) is 1.66. The van der Waals surface area contributed by atoms with Crippen molar-refractivity contribution < 1.29 is 4.74 Å².